The van der Waals surface area contributed by atoms with Crippen LogP contribution in [0.2, 0.25) is 0 Å². The van der Waals surface area contributed by atoms with Crippen molar-refractivity contribution >= 4 is 22.9 Å². The molecular weight excluding hydrogens is 266 g/mol. The van der Waals surface area contributed by atoms with Gasteiger partial charge in [0.05, 0.1) is 11.0 Å². The number of nitrogen functional groups attached to an aromatic ring is 1. The molecule has 1 aromatic carbocycles. The van der Waals surface area contributed by atoms with Gasteiger partial charge in [0.1, 0.15) is 6.54 Å². The molecule has 0 unspecified atom stereocenters. The van der Waals surface area contributed by atoms with E-state index in [-0.39, 0.29) is 23.9 Å². The van der Waals surface area contributed by atoms with Crippen LogP contribution in [0.5, 0.6) is 0 Å². The number of amides is 1. The van der Waals surface area contributed by atoms with Crippen molar-refractivity contribution in [2.24, 2.45) is 0 Å². The van der Waals surface area contributed by atoms with Gasteiger partial charge in [-0.1, -0.05) is 13.3 Å². The third-order valence-corrected chi connectivity index (χ3v) is 2.97. The lowest BCUT2D eigenvalue weighted by Gasteiger charge is -2.07. The number of aromatic nitrogens is 2. The monoisotopic (exact) mass is 282 g/mol. The Morgan fingerprint density at radius 1 is 1.40 bits per heavy atom. The van der Waals surface area contributed by atoms with Crippen molar-refractivity contribution in [3.63, 3.8) is 0 Å². The summed E-state index contributed by atoms with van der Waals surface area (Å²) in [4.78, 5) is 15.7. The molecular formula is C13H16F2N4O. The molecule has 0 saturated carbocycles. The van der Waals surface area contributed by atoms with Crippen LogP contribution in [0.15, 0.2) is 12.1 Å². The molecule has 1 amide bonds. The molecule has 0 spiro atoms. The molecule has 2 rings (SSSR count). The van der Waals surface area contributed by atoms with Crippen molar-refractivity contribution in [3.05, 3.63) is 23.8 Å². The molecule has 108 valence electrons. The van der Waals surface area contributed by atoms with E-state index in [1.54, 1.807) is 0 Å². The number of carbonyl (C=O) groups excluding carboxylic acids is 1. The average Bonchev–Trinajstić information content (AvgIpc) is 2.67. The second-order valence-corrected chi connectivity index (χ2v) is 4.51. The third-order valence-electron chi connectivity index (χ3n) is 2.97. The van der Waals surface area contributed by atoms with Gasteiger partial charge in [-0.3, -0.25) is 4.79 Å². The van der Waals surface area contributed by atoms with Gasteiger partial charge in [-0.15, -0.1) is 0 Å². The zero-order valence-electron chi connectivity index (χ0n) is 11.1. The van der Waals surface area contributed by atoms with Crippen LogP contribution in [0, 0.1) is 11.6 Å². The highest BCUT2D eigenvalue weighted by Crippen LogP contribution is 2.20. The number of unbranched alkanes of at least 4 members (excludes halogenated alkanes) is 1. The molecule has 0 fully saturated rings. The number of rotatable bonds is 5. The molecule has 1 aromatic heterocycles. The molecule has 0 bridgehead atoms. The molecule has 5 nitrogen and oxygen atoms in total. The van der Waals surface area contributed by atoms with Gasteiger partial charge in [-0.05, 0) is 6.42 Å². The van der Waals surface area contributed by atoms with E-state index in [0.29, 0.717) is 12.1 Å². The summed E-state index contributed by atoms with van der Waals surface area (Å²) in [6.45, 7) is 2.52. The Morgan fingerprint density at radius 2 is 2.10 bits per heavy atom. The summed E-state index contributed by atoms with van der Waals surface area (Å²) in [5.41, 5.74) is 6.21. The van der Waals surface area contributed by atoms with Crippen molar-refractivity contribution in [2.45, 2.75) is 26.3 Å². The van der Waals surface area contributed by atoms with Crippen LogP contribution in [0.25, 0.3) is 11.0 Å². The Morgan fingerprint density at radius 3 is 2.80 bits per heavy atom. The smallest absolute Gasteiger partial charge is 0.240 e. The summed E-state index contributed by atoms with van der Waals surface area (Å²) in [5.74, 6) is -2.18. The number of nitrogens with one attached hydrogen (secondary N) is 1. The van der Waals surface area contributed by atoms with Gasteiger partial charge in [-0.25, -0.2) is 13.8 Å². The zero-order valence-corrected chi connectivity index (χ0v) is 11.1. The van der Waals surface area contributed by atoms with Crippen LogP contribution >= 0.6 is 0 Å². The predicted molar refractivity (Wildman–Crippen MR) is 72.0 cm³/mol. The maximum atomic E-state index is 13.3. The van der Waals surface area contributed by atoms with Gasteiger partial charge in [0.15, 0.2) is 11.6 Å². The minimum atomic E-state index is -0.995. The molecule has 1 heterocycles. The first-order valence-corrected chi connectivity index (χ1v) is 6.40. The maximum Gasteiger partial charge on any atom is 0.240 e. The fourth-order valence-corrected chi connectivity index (χ4v) is 1.91. The van der Waals surface area contributed by atoms with Crippen molar-refractivity contribution in [2.75, 3.05) is 12.3 Å². The van der Waals surface area contributed by atoms with E-state index in [1.165, 1.54) is 4.57 Å². The Balaban J connectivity index is 2.23. The highest BCUT2D eigenvalue weighted by molar-refractivity contribution is 5.82. The number of carbonyl (C=O) groups is 1. The quantitative estimate of drug-likeness (QED) is 0.821. The van der Waals surface area contributed by atoms with Gasteiger partial charge < -0.3 is 15.6 Å². The number of nitrogens with two attached hydrogens (primary N) is 1. The zero-order chi connectivity index (χ0) is 14.7. The number of nitrogens with zero attached hydrogens (tertiary/aromatic N) is 2. The molecule has 2 aromatic rings. The first kappa shape index (κ1) is 14.2. The number of anilines is 1. The summed E-state index contributed by atoms with van der Waals surface area (Å²) in [6, 6.07) is 1.96. The summed E-state index contributed by atoms with van der Waals surface area (Å²) in [7, 11) is 0. The van der Waals surface area contributed by atoms with E-state index < -0.39 is 11.6 Å². The number of fused-ring (bicyclic) bond motifs is 1. The summed E-state index contributed by atoms with van der Waals surface area (Å²) >= 11 is 0. The third kappa shape index (κ3) is 2.87. The largest absolute Gasteiger partial charge is 0.369 e. The maximum absolute atomic E-state index is 13.3. The van der Waals surface area contributed by atoms with Crippen molar-refractivity contribution < 1.29 is 13.6 Å². The Hall–Kier alpha value is -2.18. The van der Waals surface area contributed by atoms with E-state index in [2.05, 4.69) is 10.3 Å². The molecule has 7 heteroatoms. The number of benzene rings is 1. The van der Waals surface area contributed by atoms with Crippen LogP contribution in [0.4, 0.5) is 14.7 Å². The molecule has 0 atom stereocenters. The number of hydrogen-bond acceptors (Lipinski definition) is 3. The number of imidazole rings is 1. The molecule has 0 saturated heterocycles. The minimum absolute atomic E-state index is 0.0515. The first-order chi connectivity index (χ1) is 9.52. The molecule has 20 heavy (non-hydrogen) atoms. The standard InChI is InChI=1S/C13H16F2N4O/c1-2-3-4-17-12(20)7-19-11-6-9(15)8(14)5-10(11)18-13(19)16/h5-6H,2-4,7H2,1H3,(H2,16,18)(H,17,20). The number of halogens is 2. The van der Waals surface area contributed by atoms with E-state index in [9.17, 15) is 13.6 Å². The van der Waals surface area contributed by atoms with Crippen molar-refractivity contribution in [1.29, 1.82) is 0 Å². The second-order valence-electron chi connectivity index (χ2n) is 4.51. The van der Waals surface area contributed by atoms with E-state index in [1.807, 2.05) is 6.92 Å². The van der Waals surface area contributed by atoms with Crippen LogP contribution in [0.3, 0.4) is 0 Å². The van der Waals surface area contributed by atoms with E-state index in [0.717, 1.165) is 25.0 Å². The van der Waals surface area contributed by atoms with Crippen LogP contribution in [-0.2, 0) is 11.3 Å². The highest BCUT2D eigenvalue weighted by atomic mass is 19.2. The molecule has 0 aliphatic heterocycles. The lowest BCUT2D eigenvalue weighted by atomic mass is 10.3. The van der Waals surface area contributed by atoms with Gasteiger partial charge >= 0.3 is 0 Å². The van der Waals surface area contributed by atoms with Crippen LogP contribution in [-0.4, -0.2) is 22.0 Å². The molecule has 3 N–H and O–H groups in total. The van der Waals surface area contributed by atoms with Gasteiger partial charge in [0.25, 0.3) is 0 Å². The fraction of sp³-hybridized carbons (Fsp3) is 0.385. The van der Waals surface area contributed by atoms with Gasteiger partial charge in [0.2, 0.25) is 11.9 Å². The Labute approximate surface area is 114 Å². The molecule has 0 aliphatic rings. The lowest BCUT2D eigenvalue weighted by Crippen LogP contribution is -2.28. The van der Waals surface area contributed by atoms with Crippen LogP contribution in [0.1, 0.15) is 19.8 Å². The Bertz CT molecular complexity index is 639. The topological polar surface area (TPSA) is 72.9 Å². The molecule has 0 aliphatic carbocycles. The highest BCUT2D eigenvalue weighted by Gasteiger charge is 2.14. The first-order valence-electron chi connectivity index (χ1n) is 6.40. The van der Waals surface area contributed by atoms with Gasteiger partial charge in [-0.2, -0.15) is 0 Å². The second kappa shape index (κ2) is 5.85. The SMILES string of the molecule is CCCCNC(=O)Cn1c(N)nc2cc(F)c(F)cc21. The number of hydrogen-bond donors (Lipinski definition) is 2. The molecule has 0 radical (unpaired) electrons. The Kier molecular flexibility index (Phi) is 4.16. The predicted octanol–water partition coefficient (Wildman–Crippen LogP) is 1.81. The summed E-state index contributed by atoms with van der Waals surface area (Å²) < 4.78 is 27.7. The average molecular weight is 282 g/mol. The minimum Gasteiger partial charge on any atom is -0.369 e. The van der Waals surface area contributed by atoms with Crippen LogP contribution < -0.4 is 11.1 Å². The normalized spacial score (nSPS) is 10.9. The van der Waals surface area contributed by atoms with Crippen molar-refractivity contribution in [3.8, 4) is 0 Å². The summed E-state index contributed by atoms with van der Waals surface area (Å²) in [5, 5.41) is 2.73. The van der Waals surface area contributed by atoms with E-state index >= 15 is 0 Å². The fourth-order valence-electron chi connectivity index (χ4n) is 1.91. The van der Waals surface area contributed by atoms with Gasteiger partial charge in [0, 0.05) is 18.7 Å². The van der Waals surface area contributed by atoms with E-state index in [4.69, 9.17) is 5.73 Å². The summed E-state index contributed by atoms with van der Waals surface area (Å²) in [6.07, 6.45) is 1.85. The lowest BCUT2D eigenvalue weighted by molar-refractivity contribution is -0.121. The van der Waals surface area contributed by atoms with Crippen molar-refractivity contribution in [1.82, 2.24) is 14.9 Å².